The summed E-state index contributed by atoms with van der Waals surface area (Å²) in [6, 6.07) is 14.3. The van der Waals surface area contributed by atoms with Gasteiger partial charge in [-0.05, 0) is 23.8 Å². The number of pyridine rings is 1. The van der Waals surface area contributed by atoms with Gasteiger partial charge in [0.25, 0.3) is 5.91 Å². The number of H-pyrrole nitrogens is 1. The van der Waals surface area contributed by atoms with Crippen LogP contribution in [-0.2, 0) is 6.54 Å². The van der Waals surface area contributed by atoms with Crippen LogP contribution in [0.4, 0.5) is 0 Å². The number of benzene rings is 1. The number of aromatic nitrogens is 3. The molecule has 0 unspecified atom stereocenters. The van der Waals surface area contributed by atoms with Crippen molar-refractivity contribution in [1.82, 2.24) is 24.8 Å². The molecule has 0 atom stereocenters. The van der Waals surface area contributed by atoms with Gasteiger partial charge in [0.1, 0.15) is 10.7 Å². The maximum Gasteiger partial charge on any atom is 0.273 e. The van der Waals surface area contributed by atoms with E-state index in [2.05, 4.69) is 38.1 Å². The van der Waals surface area contributed by atoms with E-state index in [0.717, 1.165) is 54.3 Å². The summed E-state index contributed by atoms with van der Waals surface area (Å²) >= 11 is 1.51. The van der Waals surface area contributed by atoms with E-state index in [1.165, 1.54) is 16.9 Å². The second kappa shape index (κ2) is 7.77. The van der Waals surface area contributed by atoms with Crippen LogP contribution in [0.2, 0.25) is 0 Å². The summed E-state index contributed by atoms with van der Waals surface area (Å²) in [5.74, 6) is 0.0182. The first-order valence-corrected chi connectivity index (χ1v) is 10.6. The average Bonchev–Trinajstić information content (AvgIpc) is 3.42. The zero-order valence-electron chi connectivity index (χ0n) is 15.9. The predicted molar refractivity (Wildman–Crippen MR) is 115 cm³/mol. The third-order valence-electron chi connectivity index (χ3n) is 5.27. The van der Waals surface area contributed by atoms with Crippen LogP contribution in [0.3, 0.4) is 0 Å². The Morgan fingerprint density at radius 2 is 1.97 bits per heavy atom. The van der Waals surface area contributed by atoms with Crippen molar-refractivity contribution < 1.29 is 4.79 Å². The van der Waals surface area contributed by atoms with E-state index < -0.39 is 0 Å². The summed E-state index contributed by atoms with van der Waals surface area (Å²) in [5, 5.41) is 3.86. The number of aromatic amines is 1. The third kappa shape index (κ3) is 3.79. The molecule has 5 rings (SSSR count). The van der Waals surface area contributed by atoms with Crippen molar-refractivity contribution in [3.05, 3.63) is 71.5 Å². The predicted octanol–water partition coefficient (Wildman–Crippen LogP) is 3.64. The van der Waals surface area contributed by atoms with Gasteiger partial charge in [0, 0.05) is 61.4 Å². The smallest absolute Gasteiger partial charge is 0.273 e. The van der Waals surface area contributed by atoms with Crippen LogP contribution in [0.1, 0.15) is 16.1 Å². The third-order valence-corrected chi connectivity index (χ3v) is 6.15. The van der Waals surface area contributed by atoms with Gasteiger partial charge in [-0.3, -0.25) is 14.7 Å². The lowest BCUT2D eigenvalue weighted by Crippen LogP contribution is -2.48. The Morgan fingerprint density at radius 3 is 2.76 bits per heavy atom. The van der Waals surface area contributed by atoms with Crippen LogP contribution in [0.25, 0.3) is 21.6 Å². The Balaban J connectivity index is 1.24. The fraction of sp³-hybridized carbons (Fsp3) is 0.227. The molecule has 1 aliphatic rings. The van der Waals surface area contributed by atoms with Crippen LogP contribution in [0.15, 0.2) is 60.2 Å². The Kier molecular flexibility index (Phi) is 4.83. The van der Waals surface area contributed by atoms with E-state index in [0.29, 0.717) is 5.69 Å². The zero-order valence-corrected chi connectivity index (χ0v) is 16.7. The van der Waals surface area contributed by atoms with Crippen LogP contribution in [-0.4, -0.2) is 56.8 Å². The summed E-state index contributed by atoms with van der Waals surface area (Å²) in [7, 11) is 0. The number of thiazole rings is 1. The number of amides is 1. The van der Waals surface area contributed by atoms with Gasteiger partial charge in [0.2, 0.25) is 0 Å². The number of rotatable bonds is 4. The molecule has 0 spiro atoms. The molecule has 1 amide bonds. The lowest BCUT2D eigenvalue weighted by Gasteiger charge is -2.34. The van der Waals surface area contributed by atoms with Crippen molar-refractivity contribution in [2.45, 2.75) is 6.54 Å². The molecule has 6 nitrogen and oxygen atoms in total. The number of nitrogens with zero attached hydrogens (tertiary/aromatic N) is 4. The highest BCUT2D eigenvalue weighted by atomic mass is 32.1. The SMILES string of the molecule is O=C(c1csc(-c2cc3ccccc3[nH]2)n1)N1CCN(Cc2cccnc2)CC1. The highest BCUT2D eigenvalue weighted by molar-refractivity contribution is 7.13. The minimum Gasteiger partial charge on any atom is -0.353 e. The van der Waals surface area contributed by atoms with E-state index in [-0.39, 0.29) is 5.91 Å². The number of hydrogen-bond acceptors (Lipinski definition) is 5. The Hall–Kier alpha value is -3.03. The molecule has 1 fully saturated rings. The van der Waals surface area contributed by atoms with E-state index in [9.17, 15) is 4.79 Å². The molecule has 1 aliphatic heterocycles. The molecule has 0 radical (unpaired) electrons. The average molecular weight is 404 g/mol. The first kappa shape index (κ1) is 18.0. The van der Waals surface area contributed by atoms with Gasteiger partial charge in [-0.25, -0.2) is 4.98 Å². The minimum atomic E-state index is 0.0182. The highest BCUT2D eigenvalue weighted by Crippen LogP contribution is 2.27. The number of carbonyl (C=O) groups is 1. The number of piperazine rings is 1. The van der Waals surface area contributed by atoms with Crippen molar-refractivity contribution in [3.63, 3.8) is 0 Å². The van der Waals surface area contributed by atoms with Gasteiger partial charge in [-0.15, -0.1) is 11.3 Å². The number of carbonyl (C=O) groups excluding carboxylic acids is 1. The summed E-state index contributed by atoms with van der Waals surface area (Å²) in [6.07, 6.45) is 3.69. The monoisotopic (exact) mass is 403 g/mol. The van der Waals surface area contributed by atoms with E-state index in [4.69, 9.17) is 0 Å². The van der Waals surface area contributed by atoms with Gasteiger partial charge < -0.3 is 9.88 Å². The van der Waals surface area contributed by atoms with Crippen LogP contribution in [0, 0.1) is 0 Å². The highest BCUT2D eigenvalue weighted by Gasteiger charge is 2.24. The number of fused-ring (bicyclic) bond motifs is 1. The lowest BCUT2D eigenvalue weighted by molar-refractivity contribution is 0.0623. The fourth-order valence-electron chi connectivity index (χ4n) is 3.71. The minimum absolute atomic E-state index is 0.0182. The largest absolute Gasteiger partial charge is 0.353 e. The maximum absolute atomic E-state index is 12.9. The molecule has 146 valence electrons. The molecule has 3 aromatic heterocycles. The molecular formula is C22H21N5OS. The first-order valence-electron chi connectivity index (χ1n) is 9.70. The molecule has 29 heavy (non-hydrogen) atoms. The summed E-state index contributed by atoms with van der Waals surface area (Å²) in [4.78, 5) is 29.3. The molecule has 1 N–H and O–H groups in total. The van der Waals surface area contributed by atoms with Crippen LogP contribution < -0.4 is 0 Å². The quantitative estimate of drug-likeness (QED) is 0.565. The molecular weight excluding hydrogens is 382 g/mol. The topological polar surface area (TPSA) is 65.1 Å². The summed E-state index contributed by atoms with van der Waals surface area (Å²) < 4.78 is 0. The van der Waals surface area contributed by atoms with Crippen molar-refractivity contribution in [1.29, 1.82) is 0 Å². The second-order valence-corrected chi connectivity index (χ2v) is 8.10. The van der Waals surface area contributed by atoms with Gasteiger partial charge in [0.05, 0.1) is 5.69 Å². The summed E-state index contributed by atoms with van der Waals surface area (Å²) in [5.41, 5.74) is 3.77. The summed E-state index contributed by atoms with van der Waals surface area (Å²) in [6.45, 7) is 4.03. The van der Waals surface area contributed by atoms with E-state index >= 15 is 0 Å². The number of para-hydroxylation sites is 1. The Labute approximate surface area is 172 Å². The van der Waals surface area contributed by atoms with Crippen molar-refractivity contribution in [2.75, 3.05) is 26.2 Å². The van der Waals surface area contributed by atoms with E-state index in [1.54, 1.807) is 6.20 Å². The van der Waals surface area contributed by atoms with Gasteiger partial charge in [-0.1, -0.05) is 24.3 Å². The molecule has 1 saturated heterocycles. The second-order valence-electron chi connectivity index (χ2n) is 7.24. The molecule has 1 aromatic carbocycles. The first-order chi connectivity index (χ1) is 14.3. The standard InChI is InChI=1S/C22H21N5OS/c28-22(27-10-8-26(9-11-27)14-16-4-3-7-23-13-16)20-15-29-21(25-20)19-12-17-5-1-2-6-18(17)24-19/h1-7,12-13,15,24H,8-11,14H2. The van der Waals surface area contributed by atoms with Crippen LogP contribution >= 0.6 is 11.3 Å². The molecule has 0 saturated carbocycles. The van der Waals surface area contributed by atoms with Crippen molar-refractivity contribution in [3.8, 4) is 10.7 Å². The maximum atomic E-state index is 12.9. The van der Waals surface area contributed by atoms with Gasteiger partial charge in [0.15, 0.2) is 0 Å². The van der Waals surface area contributed by atoms with Gasteiger partial charge in [-0.2, -0.15) is 0 Å². The Morgan fingerprint density at radius 1 is 1.10 bits per heavy atom. The van der Waals surface area contributed by atoms with E-state index in [1.807, 2.05) is 40.7 Å². The fourth-order valence-corrected chi connectivity index (χ4v) is 4.47. The molecule has 4 aromatic rings. The van der Waals surface area contributed by atoms with Crippen LogP contribution in [0.5, 0.6) is 0 Å². The van der Waals surface area contributed by atoms with Crippen molar-refractivity contribution in [2.24, 2.45) is 0 Å². The molecule has 0 aliphatic carbocycles. The molecule has 7 heteroatoms. The van der Waals surface area contributed by atoms with Crippen molar-refractivity contribution >= 4 is 28.1 Å². The van der Waals surface area contributed by atoms with Gasteiger partial charge >= 0.3 is 0 Å². The lowest BCUT2D eigenvalue weighted by atomic mass is 10.2. The number of hydrogen-bond donors (Lipinski definition) is 1. The normalized spacial score (nSPS) is 15.1. The molecule has 0 bridgehead atoms. The Bertz CT molecular complexity index is 1100. The number of nitrogens with one attached hydrogen (secondary N) is 1. The molecule has 4 heterocycles. The zero-order chi connectivity index (χ0) is 19.6.